The van der Waals surface area contributed by atoms with Crippen LogP contribution in [0.3, 0.4) is 0 Å². The summed E-state index contributed by atoms with van der Waals surface area (Å²) in [6.45, 7) is 4.26. The van der Waals surface area contributed by atoms with Gasteiger partial charge in [-0.05, 0) is 6.07 Å². The van der Waals surface area contributed by atoms with E-state index in [1.54, 1.807) is 25.4 Å². The van der Waals surface area contributed by atoms with Gasteiger partial charge in [0.25, 0.3) is 0 Å². The third kappa shape index (κ3) is 2.58. The van der Waals surface area contributed by atoms with E-state index in [4.69, 9.17) is 9.47 Å². The van der Waals surface area contributed by atoms with E-state index >= 15 is 0 Å². The first-order valence-electron chi connectivity index (χ1n) is 7.16. The summed E-state index contributed by atoms with van der Waals surface area (Å²) in [5.74, 6) is 2.38. The second kappa shape index (κ2) is 5.73. The van der Waals surface area contributed by atoms with Crippen molar-refractivity contribution in [1.29, 1.82) is 0 Å². The lowest BCUT2D eigenvalue weighted by Crippen LogP contribution is -3.12. The van der Waals surface area contributed by atoms with Gasteiger partial charge in [-0.1, -0.05) is 0 Å². The van der Waals surface area contributed by atoms with Gasteiger partial charge in [0, 0.05) is 11.5 Å². The van der Waals surface area contributed by atoms with Crippen LogP contribution in [0, 0.1) is 0 Å². The molecule has 1 N–H and O–H groups in total. The van der Waals surface area contributed by atoms with Crippen molar-refractivity contribution in [2.75, 3.05) is 52.3 Å². The lowest BCUT2D eigenvalue weighted by molar-refractivity contribution is -0.880. The molecule has 3 rings (SSSR count). The van der Waals surface area contributed by atoms with Crippen LogP contribution in [0.4, 0.5) is 5.82 Å². The smallest absolute Gasteiger partial charge is 0.162 e. The second-order valence-electron chi connectivity index (χ2n) is 5.37. The summed E-state index contributed by atoms with van der Waals surface area (Å²) >= 11 is 0. The molecule has 1 aromatic carbocycles. The predicted octanol–water partition coefficient (Wildman–Crippen LogP) is -0.0183. The molecule has 2 aromatic rings. The lowest BCUT2D eigenvalue weighted by Gasteiger charge is -2.31. The van der Waals surface area contributed by atoms with Gasteiger partial charge in [-0.2, -0.15) is 0 Å². The topological polar surface area (TPSA) is 51.9 Å². The van der Waals surface area contributed by atoms with Crippen molar-refractivity contribution >= 4 is 16.7 Å². The number of quaternary nitrogens is 1. The van der Waals surface area contributed by atoms with Crippen LogP contribution in [0.2, 0.25) is 0 Å². The van der Waals surface area contributed by atoms with Gasteiger partial charge >= 0.3 is 0 Å². The third-order valence-electron chi connectivity index (χ3n) is 4.04. The molecule has 1 aliphatic rings. The molecule has 6 nitrogen and oxygen atoms in total. The summed E-state index contributed by atoms with van der Waals surface area (Å²) in [5.41, 5.74) is 0.879. The molecule has 112 valence electrons. The number of hydrogen-bond acceptors (Lipinski definition) is 5. The molecule has 0 atom stereocenters. The number of fused-ring (bicyclic) bond motifs is 1. The molecule has 21 heavy (non-hydrogen) atoms. The molecule has 1 fully saturated rings. The molecular weight excluding hydrogens is 268 g/mol. The molecule has 0 amide bonds. The van der Waals surface area contributed by atoms with Crippen molar-refractivity contribution < 1.29 is 14.4 Å². The van der Waals surface area contributed by atoms with Crippen LogP contribution in [0.5, 0.6) is 11.5 Å². The van der Waals surface area contributed by atoms with Gasteiger partial charge < -0.3 is 19.3 Å². The van der Waals surface area contributed by atoms with Crippen LogP contribution in [0.1, 0.15) is 0 Å². The Morgan fingerprint density at radius 3 is 2.38 bits per heavy atom. The fourth-order valence-electron chi connectivity index (χ4n) is 2.72. The van der Waals surface area contributed by atoms with E-state index in [2.05, 4.69) is 21.9 Å². The minimum Gasteiger partial charge on any atom is -0.493 e. The number of hydrogen-bond donors (Lipinski definition) is 1. The van der Waals surface area contributed by atoms with Gasteiger partial charge in [0.05, 0.1) is 53.0 Å². The molecular formula is C15H21N4O2+. The summed E-state index contributed by atoms with van der Waals surface area (Å²) in [7, 11) is 5.50. The maximum absolute atomic E-state index is 5.40. The average molecular weight is 289 g/mol. The standard InChI is InChI=1S/C15H20N4O2/c1-18-4-6-19(7-5-18)15-11-8-13(20-2)14(21-3)9-12(11)16-10-17-15/h8-10H,4-7H2,1-3H3/p+1. The van der Waals surface area contributed by atoms with Crippen LogP contribution in [-0.2, 0) is 0 Å². The largest absolute Gasteiger partial charge is 0.493 e. The molecule has 0 unspecified atom stereocenters. The molecule has 2 heterocycles. The highest BCUT2D eigenvalue weighted by Gasteiger charge is 2.21. The summed E-state index contributed by atoms with van der Waals surface area (Å²) in [5, 5.41) is 1.01. The van der Waals surface area contributed by atoms with Crippen LogP contribution in [0.25, 0.3) is 10.9 Å². The Balaban J connectivity index is 2.06. The van der Waals surface area contributed by atoms with Crippen molar-refractivity contribution in [2.45, 2.75) is 0 Å². The fraction of sp³-hybridized carbons (Fsp3) is 0.467. The number of nitrogens with one attached hydrogen (secondary N) is 1. The Morgan fingerprint density at radius 1 is 1.05 bits per heavy atom. The Morgan fingerprint density at radius 2 is 1.71 bits per heavy atom. The number of anilines is 1. The molecule has 1 aliphatic heterocycles. The summed E-state index contributed by atoms with van der Waals surface area (Å²) in [6, 6.07) is 3.87. The van der Waals surface area contributed by atoms with Gasteiger partial charge in [-0.25, -0.2) is 9.97 Å². The Bertz CT molecular complexity index is 639. The first kappa shape index (κ1) is 13.9. The Kier molecular flexibility index (Phi) is 3.79. The van der Waals surface area contributed by atoms with Gasteiger partial charge in [0.15, 0.2) is 11.5 Å². The van der Waals surface area contributed by atoms with E-state index in [0.717, 1.165) is 42.9 Å². The maximum Gasteiger partial charge on any atom is 0.162 e. The van der Waals surface area contributed by atoms with Crippen LogP contribution >= 0.6 is 0 Å². The van der Waals surface area contributed by atoms with Crippen molar-refractivity contribution in [3.8, 4) is 11.5 Å². The number of ether oxygens (including phenoxy) is 2. The Labute approximate surface area is 124 Å². The predicted molar refractivity (Wildman–Crippen MR) is 81.5 cm³/mol. The quantitative estimate of drug-likeness (QED) is 0.861. The lowest BCUT2D eigenvalue weighted by atomic mass is 10.2. The van der Waals surface area contributed by atoms with Crippen LogP contribution < -0.4 is 19.3 Å². The average Bonchev–Trinajstić information content (AvgIpc) is 2.53. The minimum absolute atomic E-state index is 0.692. The van der Waals surface area contributed by atoms with E-state index in [9.17, 15) is 0 Å². The maximum atomic E-state index is 5.40. The normalized spacial score (nSPS) is 16.2. The first-order chi connectivity index (χ1) is 10.2. The summed E-state index contributed by atoms with van der Waals surface area (Å²) < 4.78 is 10.7. The molecule has 6 heteroatoms. The number of aromatic nitrogens is 2. The molecule has 0 spiro atoms. The van der Waals surface area contributed by atoms with Gasteiger partial charge in [-0.15, -0.1) is 0 Å². The molecule has 0 saturated carbocycles. The highest BCUT2D eigenvalue weighted by molar-refractivity contribution is 5.92. The van der Waals surface area contributed by atoms with E-state index in [1.165, 1.54) is 0 Å². The van der Waals surface area contributed by atoms with Gasteiger partial charge in [0.2, 0.25) is 0 Å². The van der Waals surface area contributed by atoms with E-state index in [1.807, 2.05) is 12.1 Å². The number of likely N-dealkylation sites (N-methyl/N-ethyl adjacent to an activating group) is 1. The molecule has 1 aromatic heterocycles. The van der Waals surface area contributed by atoms with Crippen molar-refractivity contribution in [3.05, 3.63) is 18.5 Å². The van der Waals surface area contributed by atoms with E-state index in [0.29, 0.717) is 11.5 Å². The zero-order valence-corrected chi connectivity index (χ0v) is 12.7. The van der Waals surface area contributed by atoms with Crippen molar-refractivity contribution in [1.82, 2.24) is 9.97 Å². The van der Waals surface area contributed by atoms with Gasteiger partial charge in [0.1, 0.15) is 12.1 Å². The minimum atomic E-state index is 0.692. The van der Waals surface area contributed by atoms with Crippen LogP contribution in [0.15, 0.2) is 18.5 Å². The van der Waals surface area contributed by atoms with Crippen molar-refractivity contribution in [3.63, 3.8) is 0 Å². The second-order valence-corrected chi connectivity index (χ2v) is 5.37. The van der Waals surface area contributed by atoms with Crippen LogP contribution in [-0.4, -0.2) is 57.4 Å². The summed E-state index contributed by atoms with van der Waals surface area (Å²) in [6.07, 6.45) is 1.62. The number of piperazine rings is 1. The summed E-state index contributed by atoms with van der Waals surface area (Å²) in [4.78, 5) is 12.7. The zero-order chi connectivity index (χ0) is 14.8. The third-order valence-corrected chi connectivity index (χ3v) is 4.04. The number of rotatable bonds is 3. The Hall–Kier alpha value is -2.08. The van der Waals surface area contributed by atoms with E-state index in [-0.39, 0.29) is 0 Å². The van der Waals surface area contributed by atoms with Gasteiger partial charge in [-0.3, -0.25) is 0 Å². The molecule has 0 radical (unpaired) electrons. The number of benzene rings is 1. The molecule has 1 saturated heterocycles. The molecule has 0 bridgehead atoms. The SMILES string of the molecule is COc1cc2ncnc(N3CC[NH+](C)CC3)c2cc1OC. The fourth-order valence-corrected chi connectivity index (χ4v) is 2.72. The monoisotopic (exact) mass is 289 g/mol. The van der Waals surface area contributed by atoms with Crippen molar-refractivity contribution in [2.24, 2.45) is 0 Å². The molecule has 0 aliphatic carbocycles. The highest BCUT2D eigenvalue weighted by Crippen LogP contribution is 2.34. The highest BCUT2D eigenvalue weighted by atomic mass is 16.5. The zero-order valence-electron chi connectivity index (χ0n) is 12.7. The number of methoxy groups -OCH3 is 2. The number of nitrogens with zero attached hydrogens (tertiary/aromatic N) is 3. The first-order valence-corrected chi connectivity index (χ1v) is 7.16. The van der Waals surface area contributed by atoms with E-state index < -0.39 is 0 Å².